The number of nitrogens with zero attached hydrogens (tertiary/aromatic N) is 4. The molecule has 7 heteroatoms. The lowest BCUT2D eigenvalue weighted by Crippen LogP contribution is -2.28. The highest BCUT2D eigenvalue weighted by Gasteiger charge is 2.19. The van der Waals surface area contributed by atoms with Gasteiger partial charge >= 0.3 is 0 Å². The van der Waals surface area contributed by atoms with Crippen molar-refractivity contribution in [2.45, 2.75) is 39.2 Å². The van der Waals surface area contributed by atoms with Crippen molar-refractivity contribution in [1.82, 2.24) is 19.7 Å². The van der Waals surface area contributed by atoms with Crippen molar-refractivity contribution in [3.8, 4) is 22.7 Å². The summed E-state index contributed by atoms with van der Waals surface area (Å²) < 4.78 is 7.22. The highest BCUT2D eigenvalue weighted by Crippen LogP contribution is 2.21. The molecule has 3 heterocycles. The zero-order valence-corrected chi connectivity index (χ0v) is 18.8. The van der Waals surface area contributed by atoms with E-state index in [9.17, 15) is 4.79 Å². The molecular weight excluding hydrogens is 412 g/mol. The number of pyridine rings is 1. The van der Waals surface area contributed by atoms with E-state index in [1.807, 2.05) is 43.3 Å². The second-order valence-corrected chi connectivity index (χ2v) is 7.89. The molecule has 0 unspecified atom stereocenters. The van der Waals surface area contributed by atoms with Crippen molar-refractivity contribution in [3.63, 3.8) is 0 Å². The molecule has 1 saturated heterocycles. The predicted octanol–water partition coefficient (Wildman–Crippen LogP) is 4.28. The molecule has 1 aliphatic rings. The average molecular weight is 441 g/mol. The second kappa shape index (κ2) is 10.6. The van der Waals surface area contributed by atoms with E-state index in [2.05, 4.69) is 21.9 Å². The van der Waals surface area contributed by atoms with Gasteiger partial charge in [-0.25, -0.2) is 4.98 Å². The van der Waals surface area contributed by atoms with E-state index in [1.165, 1.54) is 24.1 Å². The largest absolute Gasteiger partial charge is 0.494 e. The first-order valence-corrected chi connectivity index (χ1v) is 10.6. The monoisotopic (exact) mass is 440 g/mol. The van der Waals surface area contributed by atoms with Crippen LogP contribution in [-0.4, -0.2) is 45.4 Å². The minimum Gasteiger partial charge on any atom is -0.494 e. The molecule has 0 radical (unpaired) electrons. The Kier molecular flexibility index (Phi) is 7.82. The summed E-state index contributed by atoms with van der Waals surface area (Å²) in [6.45, 7) is 7.23. The quantitative estimate of drug-likeness (QED) is 0.513. The van der Waals surface area contributed by atoms with E-state index in [4.69, 9.17) is 4.74 Å². The van der Waals surface area contributed by atoms with Crippen molar-refractivity contribution in [1.29, 1.82) is 0 Å². The Bertz CT molecular complexity index is 1050. The zero-order valence-electron chi connectivity index (χ0n) is 18.0. The molecule has 0 bridgehead atoms. The lowest BCUT2D eigenvalue weighted by Gasteiger charge is -2.20. The predicted molar refractivity (Wildman–Crippen MR) is 125 cm³/mol. The summed E-state index contributed by atoms with van der Waals surface area (Å²) >= 11 is 0. The first kappa shape index (κ1) is 23.0. The van der Waals surface area contributed by atoms with Crippen LogP contribution in [0, 0.1) is 6.92 Å². The molecule has 0 saturated carbocycles. The number of halogens is 1. The van der Waals surface area contributed by atoms with Crippen LogP contribution in [0.3, 0.4) is 0 Å². The summed E-state index contributed by atoms with van der Waals surface area (Å²) in [7, 11) is 0. The molecule has 0 N–H and O–H groups in total. The van der Waals surface area contributed by atoms with E-state index in [1.54, 1.807) is 18.5 Å². The minimum absolute atomic E-state index is 0. The van der Waals surface area contributed by atoms with Crippen molar-refractivity contribution in [2.24, 2.45) is 0 Å². The van der Waals surface area contributed by atoms with Crippen molar-refractivity contribution in [3.05, 3.63) is 70.8 Å². The van der Waals surface area contributed by atoms with Gasteiger partial charge in [-0.1, -0.05) is 18.2 Å². The van der Waals surface area contributed by atoms with Crippen LogP contribution in [0.2, 0.25) is 0 Å². The van der Waals surface area contributed by atoms with Crippen LogP contribution in [-0.2, 0) is 0 Å². The number of benzene rings is 1. The third kappa shape index (κ3) is 5.51. The molecule has 0 amide bonds. The smallest absolute Gasteiger partial charge is 0.273 e. The van der Waals surface area contributed by atoms with Crippen molar-refractivity contribution < 1.29 is 4.74 Å². The Morgan fingerprint density at radius 1 is 1.16 bits per heavy atom. The van der Waals surface area contributed by atoms with Gasteiger partial charge in [-0.3, -0.25) is 4.79 Å². The van der Waals surface area contributed by atoms with Crippen molar-refractivity contribution in [2.75, 3.05) is 19.7 Å². The van der Waals surface area contributed by atoms with Crippen LogP contribution in [0.1, 0.15) is 31.7 Å². The highest BCUT2D eigenvalue weighted by molar-refractivity contribution is 5.85. The molecule has 2 aromatic heterocycles. The van der Waals surface area contributed by atoms with Crippen LogP contribution < -0.4 is 10.3 Å². The molecule has 1 atom stereocenters. The van der Waals surface area contributed by atoms with E-state index < -0.39 is 0 Å². The fraction of sp³-hybridized carbons (Fsp3) is 0.375. The standard InChI is InChI=1S/C24H28N4O2.ClH/c1-18-6-3-12-25-24(18)28-23(29)16-21(17-26-28)20-8-10-22(11-9-20)30-15-5-14-27-13-4-7-19(27)2;/h3,6,8-12,16-17,19H,4-5,7,13-15H2,1-2H3;1H/t19-;/m1./s1. The van der Waals surface area contributed by atoms with Crippen LogP contribution in [0.5, 0.6) is 5.75 Å². The Hall–Kier alpha value is -2.70. The molecule has 0 aliphatic carbocycles. The summed E-state index contributed by atoms with van der Waals surface area (Å²) in [6.07, 6.45) is 7.01. The van der Waals surface area contributed by atoms with Crippen LogP contribution in [0.25, 0.3) is 16.9 Å². The molecule has 4 rings (SSSR count). The number of aryl methyl sites for hydroxylation is 1. The van der Waals surface area contributed by atoms with Gasteiger partial charge in [-0.2, -0.15) is 9.78 Å². The second-order valence-electron chi connectivity index (χ2n) is 7.89. The SMILES string of the molecule is Cc1cccnc1-n1ncc(-c2ccc(OCCCN3CCC[C@H]3C)cc2)cc1=O.Cl. The third-order valence-corrected chi connectivity index (χ3v) is 5.72. The van der Waals surface area contributed by atoms with Gasteiger partial charge in [0.1, 0.15) is 5.75 Å². The molecule has 6 nitrogen and oxygen atoms in total. The Labute approximate surface area is 189 Å². The molecule has 0 spiro atoms. The number of hydrogen-bond acceptors (Lipinski definition) is 5. The summed E-state index contributed by atoms with van der Waals surface area (Å²) in [5.41, 5.74) is 2.41. The number of rotatable bonds is 7. The van der Waals surface area contributed by atoms with Gasteiger partial charge < -0.3 is 9.64 Å². The third-order valence-electron chi connectivity index (χ3n) is 5.72. The fourth-order valence-corrected chi connectivity index (χ4v) is 3.95. The van der Waals surface area contributed by atoms with Crippen molar-refractivity contribution >= 4 is 12.4 Å². The molecular formula is C24H29ClN4O2. The van der Waals surface area contributed by atoms with Crippen LogP contribution in [0.15, 0.2) is 59.7 Å². The van der Waals surface area contributed by atoms with E-state index in [0.717, 1.165) is 35.4 Å². The van der Waals surface area contributed by atoms with Gasteiger partial charge in [-0.05, 0) is 69.0 Å². The molecule has 1 aromatic carbocycles. The van der Waals surface area contributed by atoms with Gasteiger partial charge in [0.2, 0.25) is 0 Å². The summed E-state index contributed by atoms with van der Waals surface area (Å²) in [6, 6.07) is 13.9. The first-order chi connectivity index (χ1) is 14.6. The number of hydrogen-bond donors (Lipinski definition) is 0. The summed E-state index contributed by atoms with van der Waals surface area (Å²) in [5, 5.41) is 4.32. The molecule has 1 fully saturated rings. The summed E-state index contributed by atoms with van der Waals surface area (Å²) in [4.78, 5) is 19.4. The Balaban J connectivity index is 0.00000272. The topological polar surface area (TPSA) is 60.2 Å². The van der Waals surface area contributed by atoms with E-state index in [0.29, 0.717) is 18.5 Å². The highest BCUT2D eigenvalue weighted by atomic mass is 35.5. The van der Waals surface area contributed by atoms with Gasteiger partial charge in [0, 0.05) is 30.4 Å². The Morgan fingerprint density at radius 2 is 1.97 bits per heavy atom. The van der Waals surface area contributed by atoms with Gasteiger partial charge in [0.15, 0.2) is 5.82 Å². The maximum absolute atomic E-state index is 12.6. The van der Waals surface area contributed by atoms with E-state index in [-0.39, 0.29) is 18.0 Å². The van der Waals surface area contributed by atoms with Crippen LogP contribution in [0.4, 0.5) is 0 Å². The maximum Gasteiger partial charge on any atom is 0.273 e. The lowest BCUT2D eigenvalue weighted by atomic mass is 10.1. The maximum atomic E-state index is 12.6. The van der Waals surface area contributed by atoms with Gasteiger partial charge in [0.05, 0.1) is 12.8 Å². The number of ether oxygens (including phenoxy) is 1. The molecule has 31 heavy (non-hydrogen) atoms. The lowest BCUT2D eigenvalue weighted by molar-refractivity contribution is 0.230. The summed E-state index contributed by atoms with van der Waals surface area (Å²) in [5.74, 6) is 1.40. The minimum atomic E-state index is -0.203. The van der Waals surface area contributed by atoms with Gasteiger partial charge in [0.25, 0.3) is 5.56 Å². The average Bonchev–Trinajstić information content (AvgIpc) is 3.17. The Morgan fingerprint density at radius 3 is 2.65 bits per heavy atom. The van der Waals surface area contributed by atoms with E-state index >= 15 is 0 Å². The molecule has 1 aliphatic heterocycles. The number of likely N-dealkylation sites (tertiary alicyclic amines) is 1. The molecule has 3 aromatic rings. The zero-order chi connectivity index (χ0) is 20.9. The van der Waals surface area contributed by atoms with Crippen LogP contribution >= 0.6 is 12.4 Å². The van der Waals surface area contributed by atoms with Gasteiger partial charge in [-0.15, -0.1) is 12.4 Å². The molecule has 164 valence electrons. The number of aromatic nitrogens is 3. The normalized spacial score (nSPS) is 16.1. The fourth-order valence-electron chi connectivity index (χ4n) is 3.95. The first-order valence-electron chi connectivity index (χ1n) is 10.6.